The molecule has 1 aromatic rings. The number of nitrogens with one attached hydrogen (secondary N) is 1. The summed E-state index contributed by atoms with van der Waals surface area (Å²) in [5.41, 5.74) is 2.22. The van der Waals surface area contributed by atoms with Crippen molar-refractivity contribution < 1.29 is 14.7 Å². The van der Waals surface area contributed by atoms with Gasteiger partial charge in [0.2, 0.25) is 5.91 Å². The van der Waals surface area contributed by atoms with E-state index in [2.05, 4.69) is 12.2 Å². The summed E-state index contributed by atoms with van der Waals surface area (Å²) in [6, 6.07) is 5.33. The molecule has 0 saturated carbocycles. The number of rotatable bonds is 2. The lowest BCUT2D eigenvalue weighted by molar-refractivity contribution is -0.136. The number of carbonyl (C=O) groups excluding carboxylic acids is 1. The Bertz CT molecular complexity index is 585. The molecule has 3 rings (SSSR count). The van der Waals surface area contributed by atoms with Gasteiger partial charge < -0.3 is 15.3 Å². The highest BCUT2D eigenvalue weighted by Crippen LogP contribution is 2.26. The quantitative estimate of drug-likeness (QED) is 0.856. The van der Waals surface area contributed by atoms with Crippen LogP contribution < -0.4 is 5.32 Å². The number of hydrogen-bond acceptors (Lipinski definition) is 3. The van der Waals surface area contributed by atoms with Gasteiger partial charge in [-0.25, -0.2) is 4.79 Å². The molecule has 5 nitrogen and oxygen atoms in total. The smallest absolute Gasteiger partial charge is 0.335 e. The van der Waals surface area contributed by atoms with Gasteiger partial charge in [-0.3, -0.25) is 4.79 Å². The minimum atomic E-state index is -0.889. The van der Waals surface area contributed by atoms with Gasteiger partial charge in [0, 0.05) is 19.6 Å². The molecule has 112 valence electrons. The van der Waals surface area contributed by atoms with Crippen LogP contribution in [0.2, 0.25) is 0 Å². The summed E-state index contributed by atoms with van der Waals surface area (Å²) >= 11 is 0. The van der Waals surface area contributed by atoms with E-state index < -0.39 is 5.97 Å². The summed E-state index contributed by atoms with van der Waals surface area (Å²) in [6.07, 6.45) is 0.623. The molecule has 0 bridgehead atoms. The fraction of sp³-hybridized carbons (Fsp3) is 0.500. The second-order valence-electron chi connectivity index (χ2n) is 6.00. The van der Waals surface area contributed by atoms with Crippen LogP contribution in [0.15, 0.2) is 18.2 Å². The van der Waals surface area contributed by atoms with Gasteiger partial charge in [0.05, 0.1) is 11.5 Å². The number of nitrogens with zero attached hydrogens (tertiary/aromatic N) is 1. The van der Waals surface area contributed by atoms with Gasteiger partial charge in [-0.15, -0.1) is 0 Å². The Labute approximate surface area is 123 Å². The van der Waals surface area contributed by atoms with E-state index in [1.54, 1.807) is 12.1 Å². The van der Waals surface area contributed by atoms with Gasteiger partial charge in [-0.05, 0) is 36.1 Å². The maximum atomic E-state index is 12.6. The molecule has 1 saturated heterocycles. The molecule has 1 amide bonds. The lowest BCUT2D eigenvalue weighted by Crippen LogP contribution is -2.42. The van der Waals surface area contributed by atoms with Crippen LogP contribution in [0.4, 0.5) is 0 Å². The van der Waals surface area contributed by atoms with E-state index in [0.29, 0.717) is 31.0 Å². The molecule has 5 heteroatoms. The molecule has 2 aliphatic rings. The first-order valence-electron chi connectivity index (χ1n) is 7.41. The number of carboxylic acids is 1. The molecule has 2 heterocycles. The minimum Gasteiger partial charge on any atom is -0.478 e. The normalized spacial score (nSPS) is 24.7. The molecule has 0 aliphatic carbocycles. The highest BCUT2D eigenvalue weighted by Gasteiger charge is 2.34. The fourth-order valence-electron chi connectivity index (χ4n) is 3.37. The third-order valence-electron chi connectivity index (χ3n) is 4.64. The fourth-order valence-corrected chi connectivity index (χ4v) is 3.37. The van der Waals surface area contributed by atoms with Gasteiger partial charge in [0.25, 0.3) is 0 Å². The van der Waals surface area contributed by atoms with E-state index in [1.807, 2.05) is 11.0 Å². The van der Waals surface area contributed by atoms with Gasteiger partial charge >= 0.3 is 5.97 Å². The number of carbonyl (C=O) groups is 2. The molecule has 21 heavy (non-hydrogen) atoms. The third-order valence-corrected chi connectivity index (χ3v) is 4.64. The zero-order chi connectivity index (χ0) is 15.0. The number of carboxylic acid groups (broad SMARTS) is 1. The van der Waals surface area contributed by atoms with Crippen molar-refractivity contribution >= 4 is 11.9 Å². The summed E-state index contributed by atoms with van der Waals surface area (Å²) in [7, 11) is 0. The van der Waals surface area contributed by atoms with Crippen molar-refractivity contribution in [2.45, 2.75) is 19.9 Å². The topological polar surface area (TPSA) is 69.6 Å². The first kappa shape index (κ1) is 14.1. The van der Waals surface area contributed by atoms with Gasteiger partial charge in [-0.1, -0.05) is 19.1 Å². The predicted molar refractivity (Wildman–Crippen MR) is 78.0 cm³/mol. The van der Waals surface area contributed by atoms with Crippen molar-refractivity contribution in [3.05, 3.63) is 34.9 Å². The van der Waals surface area contributed by atoms with E-state index in [9.17, 15) is 14.7 Å². The lowest BCUT2D eigenvalue weighted by Gasteiger charge is -2.32. The molecule has 0 aromatic heterocycles. The first-order chi connectivity index (χ1) is 10.1. The van der Waals surface area contributed by atoms with E-state index in [0.717, 1.165) is 24.2 Å². The van der Waals surface area contributed by atoms with E-state index in [4.69, 9.17) is 0 Å². The summed E-state index contributed by atoms with van der Waals surface area (Å²) in [5.74, 6) is -0.280. The summed E-state index contributed by atoms with van der Waals surface area (Å²) < 4.78 is 0. The van der Waals surface area contributed by atoms with Gasteiger partial charge in [-0.2, -0.15) is 0 Å². The van der Waals surface area contributed by atoms with Crippen LogP contribution in [-0.2, 0) is 17.8 Å². The number of fused-ring (bicyclic) bond motifs is 1. The van der Waals surface area contributed by atoms with Gasteiger partial charge in [0.1, 0.15) is 0 Å². The highest BCUT2D eigenvalue weighted by atomic mass is 16.4. The summed E-state index contributed by atoms with van der Waals surface area (Å²) in [6.45, 7) is 4.88. The Morgan fingerprint density at radius 1 is 1.33 bits per heavy atom. The molecule has 2 atom stereocenters. The minimum absolute atomic E-state index is 0.0502. The van der Waals surface area contributed by atoms with Crippen LogP contribution in [0, 0.1) is 11.8 Å². The average Bonchev–Trinajstić information content (AvgIpc) is 2.91. The molecule has 2 aliphatic heterocycles. The SMILES string of the molecule is C[C@@H]1CNC[C@H]1C(=O)N1CCc2c(cccc2C(=O)O)C1. The van der Waals surface area contributed by atoms with Crippen molar-refractivity contribution in [3.8, 4) is 0 Å². The molecule has 0 radical (unpaired) electrons. The Balaban J connectivity index is 1.80. The maximum absolute atomic E-state index is 12.6. The Morgan fingerprint density at radius 3 is 2.81 bits per heavy atom. The van der Waals surface area contributed by atoms with Crippen molar-refractivity contribution in [2.24, 2.45) is 11.8 Å². The molecular weight excluding hydrogens is 268 g/mol. The predicted octanol–water partition coefficient (Wildman–Crippen LogP) is 1.12. The lowest BCUT2D eigenvalue weighted by atomic mass is 9.92. The number of aromatic carboxylic acids is 1. The highest BCUT2D eigenvalue weighted by molar-refractivity contribution is 5.90. The van der Waals surface area contributed by atoms with Crippen molar-refractivity contribution in [2.75, 3.05) is 19.6 Å². The zero-order valence-electron chi connectivity index (χ0n) is 12.1. The maximum Gasteiger partial charge on any atom is 0.335 e. The monoisotopic (exact) mass is 288 g/mol. The zero-order valence-corrected chi connectivity index (χ0v) is 12.1. The second kappa shape index (κ2) is 5.48. The van der Waals surface area contributed by atoms with E-state index >= 15 is 0 Å². The molecule has 2 N–H and O–H groups in total. The van der Waals surface area contributed by atoms with Crippen LogP contribution in [0.5, 0.6) is 0 Å². The number of benzene rings is 1. The summed E-state index contributed by atoms with van der Waals surface area (Å²) in [4.78, 5) is 25.7. The molecular formula is C16H20N2O3. The van der Waals surface area contributed by atoms with Crippen LogP contribution in [-0.4, -0.2) is 41.5 Å². The Morgan fingerprint density at radius 2 is 2.14 bits per heavy atom. The van der Waals surface area contributed by atoms with E-state index in [-0.39, 0.29) is 11.8 Å². The summed E-state index contributed by atoms with van der Waals surface area (Å²) in [5, 5.41) is 12.5. The largest absolute Gasteiger partial charge is 0.478 e. The number of amides is 1. The van der Waals surface area contributed by atoms with Crippen molar-refractivity contribution in [1.82, 2.24) is 10.2 Å². The average molecular weight is 288 g/mol. The van der Waals surface area contributed by atoms with Crippen LogP contribution in [0.1, 0.15) is 28.4 Å². The van der Waals surface area contributed by atoms with Crippen molar-refractivity contribution in [3.63, 3.8) is 0 Å². The molecule has 1 aromatic carbocycles. The first-order valence-corrected chi connectivity index (χ1v) is 7.41. The van der Waals surface area contributed by atoms with Crippen LogP contribution in [0.3, 0.4) is 0 Å². The van der Waals surface area contributed by atoms with Crippen LogP contribution >= 0.6 is 0 Å². The van der Waals surface area contributed by atoms with Crippen molar-refractivity contribution in [1.29, 1.82) is 0 Å². The Hall–Kier alpha value is -1.88. The Kier molecular flexibility index (Phi) is 3.68. The van der Waals surface area contributed by atoms with E-state index in [1.165, 1.54) is 0 Å². The molecule has 0 spiro atoms. The van der Waals surface area contributed by atoms with Gasteiger partial charge in [0.15, 0.2) is 0 Å². The van der Waals surface area contributed by atoms with Crippen LogP contribution in [0.25, 0.3) is 0 Å². The molecule has 0 unspecified atom stereocenters. The number of hydrogen-bond donors (Lipinski definition) is 2. The molecule has 1 fully saturated rings. The standard InChI is InChI=1S/C16H20N2O3/c1-10-7-17-8-14(10)15(19)18-6-5-12-11(9-18)3-2-4-13(12)16(20)21/h2-4,10,14,17H,5-9H2,1H3,(H,20,21)/t10-,14-/m1/s1. The second-order valence-corrected chi connectivity index (χ2v) is 6.00. The third kappa shape index (κ3) is 2.53.